The van der Waals surface area contributed by atoms with E-state index in [0.717, 1.165) is 12.2 Å². The molecule has 1 unspecified atom stereocenters. The molecular formula is C18H22N4O2. The minimum Gasteiger partial charge on any atom is -0.396 e. The maximum absolute atomic E-state index is 12.1. The van der Waals surface area contributed by atoms with Gasteiger partial charge in [-0.2, -0.15) is 0 Å². The lowest BCUT2D eigenvalue weighted by atomic mass is 10.1. The molecule has 0 spiro atoms. The molecule has 0 aliphatic carbocycles. The number of aliphatic hydroxyl groups is 1. The van der Waals surface area contributed by atoms with Crippen LogP contribution in [-0.4, -0.2) is 37.3 Å². The molecule has 3 aromatic rings. The highest BCUT2D eigenvalue weighted by molar-refractivity contribution is 5.36. The SMILES string of the molecule is CC(CCO)N(Cc1ccccc1)Cc1cc(=O)n2[nH]ccc2n1. The monoisotopic (exact) mass is 326 g/mol. The van der Waals surface area contributed by atoms with Gasteiger partial charge in [-0.15, -0.1) is 0 Å². The first kappa shape index (κ1) is 16.4. The number of H-pyrrole nitrogens is 1. The van der Waals surface area contributed by atoms with Gasteiger partial charge in [-0.05, 0) is 18.9 Å². The van der Waals surface area contributed by atoms with Crippen molar-refractivity contribution in [3.8, 4) is 0 Å². The van der Waals surface area contributed by atoms with E-state index in [2.05, 4.69) is 34.0 Å². The normalized spacial score (nSPS) is 12.8. The molecule has 3 rings (SSSR count). The molecule has 0 fully saturated rings. The van der Waals surface area contributed by atoms with Gasteiger partial charge in [0.25, 0.3) is 5.56 Å². The Morgan fingerprint density at radius 1 is 1.25 bits per heavy atom. The van der Waals surface area contributed by atoms with Crippen molar-refractivity contribution in [1.29, 1.82) is 0 Å². The molecule has 2 aromatic heterocycles. The summed E-state index contributed by atoms with van der Waals surface area (Å²) >= 11 is 0. The zero-order valence-electron chi connectivity index (χ0n) is 13.7. The average Bonchev–Trinajstić information content (AvgIpc) is 3.04. The van der Waals surface area contributed by atoms with Gasteiger partial charge >= 0.3 is 0 Å². The van der Waals surface area contributed by atoms with Crippen LogP contribution < -0.4 is 5.56 Å². The zero-order chi connectivity index (χ0) is 16.9. The fourth-order valence-electron chi connectivity index (χ4n) is 2.82. The number of hydrogen-bond acceptors (Lipinski definition) is 4. The molecule has 0 radical (unpaired) electrons. The van der Waals surface area contributed by atoms with Crippen LogP contribution in [0.2, 0.25) is 0 Å². The molecule has 0 amide bonds. The first-order valence-electron chi connectivity index (χ1n) is 8.12. The zero-order valence-corrected chi connectivity index (χ0v) is 13.7. The first-order chi connectivity index (χ1) is 11.7. The van der Waals surface area contributed by atoms with E-state index in [1.807, 2.05) is 18.2 Å². The molecule has 6 heteroatoms. The molecule has 6 nitrogen and oxygen atoms in total. The van der Waals surface area contributed by atoms with Crippen molar-refractivity contribution in [1.82, 2.24) is 19.5 Å². The van der Waals surface area contributed by atoms with Crippen molar-refractivity contribution in [2.24, 2.45) is 0 Å². The molecule has 126 valence electrons. The topological polar surface area (TPSA) is 73.6 Å². The Bertz CT molecular complexity index is 841. The van der Waals surface area contributed by atoms with Crippen molar-refractivity contribution in [3.05, 3.63) is 70.3 Å². The quantitative estimate of drug-likeness (QED) is 0.694. The van der Waals surface area contributed by atoms with Gasteiger partial charge in [0, 0.05) is 44.1 Å². The van der Waals surface area contributed by atoms with E-state index in [4.69, 9.17) is 0 Å². The fourth-order valence-corrected chi connectivity index (χ4v) is 2.82. The summed E-state index contributed by atoms with van der Waals surface area (Å²) in [6.45, 7) is 3.53. The predicted molar refractivity (Wildman–Crippen MR) is 92.7 cm³/mol. The highest BCUT2D eigenvalue weighted by Gasteiger charge is 2.16. The second-order valence-electron chi connectivity index (χ2n) is 5.99. The summed E-state index contributed by atoms with van der Waals surface area (Å²) in [5.74, 6) is 0. The maximum atomic E-state index is 12.1. The number of benzene rings is 1. The summed E-state index contributed by atoms with van der Waals surface area (Å²) in [4.78, 5) is 18.9. The van der Waals surface area contributed by atoms with Crippen LogP contribution in [0.15, 0.2) is 53.5 Å². The molecule has 0 saturated heterocycles. The summed E-state index contributed by atoms with van der Waals surface area (Å²) < 4.78 is 1.42. The second kappa shape index (κ2) is 7.42. The summed E-state index contributed by atoms with van der Waals surface area (Å²) in [7, 11) is 0. The van der Waals surface area contributed by atoms with Crippen LogP contribution in [0.5, 0.6) is 0 Å². The van der Waals surface area contributed by atoms with Gasteiger partial charge in [0.15, 0.2) is 5.65 Å². The number of aromatic amines is 1. The number of aromatic nitrogens is 3. The molecule has 24 heavy (non-hydrogen) atoms. The Hall–Kier alpha value is -2.44. The third-order valence-electron chi connectivity index (χ3n) is 4.20. The Balaban J connectivity index is 1.85. The summed E-state index contributed by atoms with van der Waals surface area (Å²) in [6, 6.07) is 13.7. The first-order valence-corrected chi connectivity index (χ1v) is 8.12. The third-order valence-corrected chi connectivity index (χ3v) is 4.20. The van der Waals surface area contributed by atoms with Crippen molar-refractivity contribution in [2.45, 2.75) is 32.5 Å². The van der Waals surface area contributed by atoms with Gasteiger partial charge in [0.1, 0.15) is 0 Å². The highest BCUT2D eigenvalue weighted by atomic mass is 16.3. The van der Waals surface area contributed by atoms with Crippen LogP contribution in [-0.2, 0) is 13.1 Å². The van der Waals surface area contributed by atoms with Crippen molar-refractivity contribution in [3.63, 3.8) is 0 Å². The largest absolute Gasteiger partial charge is 0.396 e. The van der Waals surface area contributed by atoms with Crippen LogP contribution in [0.25, 0.3) is 5.65 Å². The predicted octanol–water partition coefficient (Wildman–Crippen LogP) is 1.80. The highest BCUT2D eigenvalue weighted by Crippen LogP contribution is 2.14. The number of nitrogens with one attached hydrogen (secondary N) is 1. The maximum Gasteiger partial charge on any atom is 0.272 e. The summed E-state index contributed by atoms with van der Waals surface area (Å²) in [5.41, 5.74) is 2.43. The molecule has 1 aromatic carbocycles. The molecule has 0 bridgehead atoms. The Morgan fingerprint density at radius 2 is 2.04 bits per heavy atom. The molecule has 1 atom stereocenters. The van der Waals surface area contributed by atoms with E-state index in [-0.39, 0.29) is 18.2 Å². The average molecular weight is 326 g/mol. The van der Waals surface area contributed by atoms with Crippen LogP contribution >= 0.6 is 0 Å². The Kier molecular flexibility index (Phi) is 5.08. The molecule has 2 heterocycles. The van der Waals surface area contributed by atoms with Gasteiger partial charge in [0.05, 0.1) is 5.69 Å². The van der Waals surface area contributed by atoms with Crippen LogP contribution in [0, 0.1) is 0 Å². The standard InChI is InChI=1S/C18H22N4O2/c1-14(8-10-23)21(12-15-5-3-2-4-6-15)13-16-11-18(24)22-17(20-16)7-9-19-22/h2-7,9,11,14,19,23H,8,10,12-13H2,1H3. The second-order valence-corrected chi connectivity index (χ2v) is 5.99. The van der Waals surface area contributed by atoms with Crippen molar-refractivity contribution in [2.75, 3.05) is 6.61 Å². The number of aliphatic hydroxyl groups excluding tert-OH is 1. The Morgan fingerprint density at radius 3 is 2.79 bits per heavy atom. The molecule has 0 saturated carbocycles. The number of rotatable bonds is 7. The lowest BCUT2D eigenvalue weighted by molar-refractivity contribution is 0.152. The fraction of sp³-hybridized carbons (Fsp3) is 0.333. The molecule has 0 aliphatic rings. The minimum atomic E-state index is -0.116. The van der Waals surface area contributed by atoms with Crippen LogP contribution in [0.4, 0.5) is 0 Å². The van der Waals surface area contributed by atoms with E-state index in [9.17, 15) is 9.90 Å². The van der Waals surface area contributed by atoms with Crippen molar-refractivity contribution >= 4 is 5.65 Å². The van der Waals surface area contributed by atoms with E-state index in [0.29, 0.717) is 18.6 Å². The van der Waals surface area contributed by atoms with Gasteiger partial charge in [-0.1, -0.05) is 30.3 Å². The van der Waals surface area contributed by atoms with Crippen molar-refractivity contribution < 1.29 is 5.11 Å². The van der Waals surface area contributed by atoms with E-state index >= 15 is 0 Å². The Labute approximate surface area is 140 Å². The number of nitrogens with zero attached hydrogens (tertiary/aromatic N) is 3. The number of fused-ring (bicyclic) bond motifs is 1. The van der Waals surface area contributed by atoms with Crippen LogP contribution in [0.3, 0.4) is 0 Å². The molecular weight excluding hydrogens is 304 g/mol. The van der Waals surface area contributed by atoms with E-state index in [1.165, 1.54) is 10.1 Å². The van der Waals surface area contributed by atoms with Gasteiger partial charge in [-0.3, -0.25) is 14.8 Å². The minimum absolute atomic E-state index is 0.116. The molecule has 2 N–H and O–H groups in total. The molecule has 0 aliphatic heterocycles. The number of hydrogen-bond donors (Lipinski definition) is 2. The summed E-state index contributed by atoms with van der Waals surface area (Å²) in [5, 5.41) is 12.1. The van der Waals surface area contributed by atoms with Gasteiger partial charge < -0.3 is 5.11 Å². The van der Waals surface area contributed by atoms with Gasteiger partial charge in [-0.25, -0.2) is 9.50 Å². The smallest absolute Gasteiger partial charge is 0.272 e. The van der Waals surface area contributed by atoms with Gasteiger partial charge in [0.2, 0.25) is 0 Å². The third kappa shape index (κ3) is 3.72. The van der Waals surface area contributed by atoms with E-state index in [1.54, 1.807) is 18.3 Å². The lowest BCUT2D eigenvalue weighted by Crippen LogP contribution is -2.33. The van der Waals surface area contributed by atoms with E-state index < -0.39 is 0 Å². The van der Waals surface area contributed by atoms with Crippen LogP contribution in [0.1, 0.15) is 24.6 Å². The summed E-state index contributed by atoms with van der Waals surface area (Å²) in [6.07, 6.45) is 2.38. The lowest BCUT2D eigenvalue weighted by Gasteiger charge is -2.28.